The van der Waals surface area contributed by atoms with Crippen LogP contribution in [0.1, 0.15) is 17.8 Å². The first-order valence-electron chi connectivity index (χ1n) is 9.77. The van der Waals surface area contributed by atoms with Gasteiger partial charge in [-0.25, -0.2) is 9.37 Å². The van der Waals surface area contributed by atoms with E-state index < -0.39 is 0 Å². The summed E-state index contributed by atoms with van der Waals surface area (Å²) in [5.41, 5.74) is 2.53. The molecule has 3 aromatic rings. The molecule has 30 heavy (non-hydrogen) atoms. The molecule has 158 valence electrons. The number of methoxy groups -OCH3 is 1. The molecular formula is C22H25FN4O3. The van der Waals surface area contributed by atoms with Gasteiger partial charge in [0.1, 0.15) is 24.8 Å². The minimum Gasteiger partial charge on any atom is -0.375 e. The number of amides is 2. The SMILES string of the molecule is COCC(=O)NCCCc1nc2ccccc2n1CC(=O)NCc1ccc(F)cc1. The van der Waals surface area contributed by atoms with Crippen LogP contribution in [0.25, 0.3) is 11.0 Å². The summed E-state index contributed by atoms with van der Waals surface area (Å²) in [6.45, 7) is 0.995. The summed E-state index contributed by atoms with van der Waals surface area (Å²) in [5.74, 6) is 0.162. The average molecular weight is 412 g/mol. The first-order chi connectivity index (χ1) is 14.6. The number of rotatable bonds is 10. The second kappa shape index (κ2) is 10.5. The number of imidazole rings is 1. The maximum Gasteiger partial charge on any atom is 0.245 e. The van der Waals surface area contributed by atoms with Gasteiger partial charge in [-0.15, -0.1) is 0 Å². The Balaban J connectivity index is 1.62. The van der Waals surface area contributed by atoms with Crippen LogP contribution in [0.15, 0.2) is 48.5 Å². The maximum atomic E-state index is 13.0. The molecule has 0 fully saturated rings. The molecule has 0 atom stereocenters. The van der Waals surface area contributed by atoms with Crippen LogP contribution >= 0.6 is 0 Å². The Bertz CT molecular complexity index is 1000. The van der Waals surface area contributed by atoms with Crippen LogP contribution in [0, 0.1) is 5.82 Å². The molecule has 0 radical (unpaired) electrons. The smallest absolute Gasteiger partial charge is 0.245 e. The highest BCUT2D eigenvalue weighted by molar-refractivity contribution is 5.81. The van der Waals surface area contributed by atoms with Crippen molar-refractivity contribution >= 4 is 22.8 Å². The number of ether oxygens (including phenoxy) is 1. The van der Waals surface area contributed by atoms with Gasteiger partial charge in [0, 0.05) is 26.6 Å². The second-order valence-electron chi connectivity index (χ2n) is 6.89. The summed E-state index contributed by atoms with van der Waals surface area (Å²) < 4.78 is 19.7. The third-order valence-corrected chi connectivity index (χ3v) is 4.61. The van der Waals surface area contributed by atoms with E-state index in [1.54, 1.807) is 12.1 Å². The Morgan fingerprint density at radius 3 is 2.60 bits per heavy atom. The Morgan fingerprint density at radius 1 is 1.07 bits per heavy atom. The van der Waals surface area contributed by atoms with E-state index >= 15 is 0 Å². The molecule has 1 heterocycles. The van der Waals surface area contributed by atoms with Gasteiger partial charge in [0.2, 0.25) is 11.8 Å². The van der Waals surface area contributed by atoms with E-state index in [1.165, 1.54) is 19.2 Å². The summed E-state index contributed by atoms with van der Waals surface area (Å²) in [6.07, 6.45) is 1.31. The van der Waals surface area contributed by atoms with Gasteiger partial charge in [0.15, 0.2) is 0 Å². The average Bonchev–Trinajstić information content (AvgIpc) is 3.08. The largest absolute Gasteiger partial charge is 0.375 e. The molecule has 2 aromatic carbocycles. The van der Waals surface area contributed by atoms with Gasteiger partial charge in [-0.1, -0.05) is 24.3 Å². The van der Waals surface area contributed by atoms with E-state index in [0.717, 1.165) is 22.4 Å². The summed E-state index contributed by atoms with van der Waals surface area (Å²) in [7, 11) is 1.48. The molecule has 3 rings (SSSR count). The lowest BCUT2D eigenvalue weighted by Crippen LogP contribution is -2.29. The van der Waals surface area contributed by atoms with Crippen molar-refractivity contribution in [2.75, 3.05) is 20.3 Å². The number of halogens is 1. The van der Waals surface area contributed by atoms with E-state index in [0.29, 0.717) is 25.9 Å². The van der Waals surface area contributed by atoms with Gasteiger partial charge < -0.3 is 19.9 Å². The zero-order chi connectivity index (χ0) is 21.3. The molecule has 0 saturated heterocycles. The first kappa shape index (κ1) is 21.4. The predicted molar refractivity (Wildman–Crippen MR) is 111 cm³/mol. The Morgan fingerprint density at radius 2 is 1.83 bits per heavy atom. The molecule has 0 unspecified atom stereocenters. The molecule has 0 bridgehead atoms. The van der Waals surface area contributed by atoms with Crippen LogP contribution in [0.2, 0.25) is 0 Å². The zero-order valence-corrected chi connectivity index (χ0v) is 16.9. The molecule has 2 N–H and O–H groups in total. The van der Waals surface area contributed by atoms with Crippen molar-refractivity contribution in [1.29, 1.82) is 0 Å². The van der Waals surface area contributed by atoms with E-state index in [2.05, 4.69) is 15.6 Å². The third-order valence-electron chi connectivity index (χ3n) is 4.61. The van der Waals surface area contributed by atoms with Crippen LogP contribution in [0.4, 0.5) is 4.39 Å². The minimum absolute atomic E-state index is 0.0345. The number of aryl methyl sites for hydroxylation is 1. The number of hydrogen-bond acceptors (Lipinski definition) is 4. The molecular weight excluding hydrogens is 387 g/mol. The van der Waals surface area contributed by atoms with Crippen LogP contribution < -0.4 is 10.6 Å². The Hall–Kier alpha value is -3.26. The third kappa shape index (κ3) is 5.87. The predicted octanol–water partition coefficient (Wildman–Crippen LogP) is 2.19. The van der Waals surface area contributed by atoms with Crippen molar-refractivity contribution in [3.63, 3.8) is 0 Å². The van der Waals surface area contributed by atoms with Crippen molar-refractivity contribution in [1.82, 2.24) is 20.2 Å². The molecule has 0 saturated carbocycles. The highest BCUT2D eigenvalue weighted by atomic mass is 19.1. The van der Waals surface area contributed by atoms with Crippen LogP contribution in [0.3, 0.4) is 0 Å². The number of carbonyl (C=O) groups is 2. The quantitative estimate of drug-likeness (QED) is 0.500. The van der Waals surface area contributed by atoms with E-state index in [9.17, 15) is 14.0 Å². The molecule has 7 nitrogen and oxygen atoms in total. The Labute approximate surface area is 174 Å². The summed E-state index contributed by atoms with van der Waals surface area (Å²) in [5, 5.41) is 5.65. The van der Waals surface area contributed by atoms with Gasteiger partial charge in [-0.2, -0.15) is 0 Å². The summed E-state index contributed by atoms with van der Waals surface area (Å²) in [4.78, 5) is 28.7. The lowest BCUT2D eigenvalue weighted by atomic mass is 10.2. The number of carbonyl (C=O) groups excluding carboxylic acids is 2. The normalized spacial score (nSPS) is 10.9. The Kier molecular flexibility index (Phi) is 7.51. The lowest BCUT2D eigenvalue weighted by molar-refractivity contribution is -0.124. The van der Waals surface area contributed by atoms with Gasteiger partial charge >= 0.3 is 0 Å². The lowest BCUT2D eigenvalue weighted by Gasteiger charge is -2.11. The number of fused-ring (bicyclic) bond motifs is 1. The monoisotopic (exact) mass is 412 g/mol. The van der Waals surface area contributed by atoms with Crippen molar-refractivity contribution in [2.45, 2.75) is 25.9 Å². The number of aromatic nitrogens is 2. The molecule has 8 heteroatoms. The first-order valence-corrected chi connectivity index (χ1v) is 9.77. The highest BCUT2D eigenvalue weighted by Crippen LogP contribution is 2.17. The number of nitrogens with one attached hydrogen (secondary N) is 2. The number of benzene rings is 2. The summed E-state index contributed by atoms with van der Waals surface area (Å²) in [6, 6.07) is 13.7. The topological polar surface area (TPSA) is 85.2 Å². The van der Waals surface area contributed by atoms with Gasteiger partial charge in [-0.05, 0) is 36.2 Å². The van der Waals surface area contributed by atoms with E-state index in [-0.39, 0.29) is 30.8 Å². The van der Waals surface area contributed by atoms with Gasteiger partial charge in [-0.3, -0.25) is 9.59 Å². The molecule has 2 amide bonds. The molecule has 0 aliphatic heterocycles. The maximum absolute atomic E-state index is 13.0. The fraction of sp³-hybridized carbons (Fsp3) is 0.318. The minimum atomic E-state index is -0.307. The van der Waals surface area contributed by atoms with E-state index in [1.807, 2.05) is 28.8 Å². The summed E-state index contributed by atoms with van der Waals surface area (Å²) >= 11 is 0. The fourth-order valence-corrected chi connectivity index (χ4v) is 3.15. The van der Waals surface area contributed by atoms with Gasteiger partial charge in [0.25, 0.3) is 0 Å². The van der Waals surface area contributed by atoms with Crippen LogP contribution in [0.5, 0.6) is 0 Å². The second-order valence-corrected chi connectivity index (χ2v) is 6.89. The molecule has 0 spiro atoms. The number of nitrogens with zero attached hydrogens (tertiary/aromatic N) is 2. The highest BCUT2D eigenvalue weighted by Gasteiger charge is 2.13. The van der Waals surface area contributed by atoms with Crippen molar-refractivity contribution in [2.24, 2.45) is 0 Å². The number of hydrogen-bond donors (Lipinski definition) is 2. The van der Waals surface area contributed by atoms with Gasteiger partial charge in [0.05, 0.1) is 11.0 Å². The van der Waals surface area contributed by atoms with Crippen molar-refractivity contribution in [3.8, 4) is 0 Å². The molecule has 0 aliphatic carbocycles. The zero-order valence-electron chi connectivity index (χ0n) is 16.9. The van der Waals surface area contributed by atoms with Crippen molar-refractivity contribution < 1.29 is 18.7 Å². The fourth-order valence-electron chi connectivity index (χ4n) is 3.15. The van der Waals surface area contributed by atoms with E-state index in [4.69, 9.17) is 4.74 Å². The number of para-hydroxylation sites is 2. The van der Waals surface area contributed by atoms with Crippen LogP contribution in [-0.2, 0) is 33.8 Å². The standard InChI is InChI=1S/C22H25FN4O3/c1-30-15-22(29)24-12-4-7-20-26-18-5-2-3-6-19(18)27(20)14-21(28)25-13-16-8-10-17(23)11-9-16/h2-3,5-6,8-11H,4,7,12-15H2,1H3,(H,24,29)(H,25,28). The van der Waals surface area contributed by atoms with Crippen LogP contribution in [-0.4, -0.2) is 41.6 Å². The van der Waals surface area contributed by atoms with Crippen molar-refractivity contribution in [3.05, 3.63) is 65.7 Å². The molecule has 1 aromatic heterocycles. The molecule has 0 aliphatic rings.